The third-order valence-corrected chi connectivity index (χ3v) is 1.90. The third-order valence-electron chi connectivity index (χ3n) is 1.90. The first kappa shape index (κ1) is 9.19. The van der Waals surface area contributed by atoms with Crippen LogP contribution in [0.25, 0.3) is 11.0 Å². The summed E-state index contributed by atoms with van der Waals surface area (Å²) in [6.45, 7) is 0. The van der Waals surface area contributed by atoms with Crippen LogP contribution in [-0.2, 0) is 0 Å². The summed E-state index contributed by atoms with van der Waals surface area (Å²) in [7, 11) is 1.34. The van der Waals surface area contributed by atoms with Gasteiger partial charge in [0.1, 0.15) is 0 Å². The van der Waals surface area contributed by atoms with Gasteiger partial charge in [0.15, 0.2) is 5.75 Å². The molecular formula is C7H5N3O5. The van der Waals surface area contributed by atoms with E-state index in [1.807, 2.05) is 0 Å². The van der Waals surface area contributed by atoms with Gasteiger partial charge in [0.25, 0.3) is 5.52 Å². The summed E-state index contributed by atoms with van der Waals surface area (Å²) in [6, 6.07) is 2.51. The third kappa shape index (κ3) is 1.23. The van der Waals surface area contributed by atoms with Gasteiger partial charge in [-0.15, -0.1) is 0 Å². The summed E-state index contributed by atoms with van der Waals surface area (Å²) in [5.74, 6) is 0.173. The molecule has 2 rings (SSSR count). The molecule has 1 aromatic carbocycles. The lowest BCUT2D eigenvalue weighted by molar-refractivity contribution is -0.782. The second-order valence-electron chi connectivity index (χ2n) is 2.67. The Morgan fingerprint density at radius 1 is 1.60 bits per heavy atom. The highest BCUT2D eigenvalue weighted by molar-refractivity contribution is 5.86. The van der Waals surface area contributed by atoms with Gasteiger partial charge in [0, 0.05) is 6.07 Å². The Balaban J connectivity index is 2.85. The van der Waals surface area contributed by atoms with Gasteiger partial charge in [-0.25, -0.2) is 0 Å². The summed E-state index contributed by atoms with van der Waals surface area (Å²) >= 11 is 0. The standard InChI is InChI=1S/C7H5N3O5/c1-14-5-3-2-4(9(11)12)6-7(5)10(13)15-8-6/h2-3H,1H3. The maximum absolute atomic E-state index is 11.1. The number of ether oxygens (including phenoxy) is 1. The van der Waals surface area contributed by atoms with Crippen LogP contribution >= 0.6 is 0 Å². The van der Waals surface area contributed by atoms with Crippen molar-refractivity contribution >= 4 is 16.7 Å². The average molecular weight is 211 g/mol. The number of fused-ring (bicyclic) bond motifs is 1. The fourth-order valence-corrected chi connectivity index (χ4v) is 1.25. The number of hydrogen-bond donors (Lipinski definition) is 0. The van der Waals surface area contributed by atoms with E-state index in [1.165, 1.54) is 19.2 Å². The molecule has 0 unspecified atom stereocenters. The van der Waals surface area contributed by atoms with Crippen molar-refractivity contribution in [3.63, 3.8) is 0 Å². The first-order valence-electron chi connectivity index (χ1n) is 3.86. The Hall–Kier alpha value is -2.38. The highest BCUT2D eigenvalue weighted by Gasteiger charge is 2.26. The maximum atomic E-state index is 11.1. The normalized spacial score (nSPS) is 10.5. The number of benzene rings is 1. The molecule has 0 fully saturated rings. The molecule has 0 saturated carbocycles. The van der Waals surface area contributed by atoms with E-state index in [4.69, 9.17) is 4.74 Å². The summed E-state index contributed by atoms with van der Waals surface area (Å²) in [5, 5.41) is 25.0. The van der Waals surface area contributed by atoms with Crippen molar-refractivity contribution in [3.05, 3.63) is 27.5 Å². The van der Waals surface area contributed by atoms with Crippen LogP contribution in [0.5, 0.6) is 5.75 Å². The Morgan fingerprint density at radius 3 is 2.93 bits per heavy atom. The monoisotopic (exact) mass is 211 g/mol. The van der Waals surface area contributed by atoms with Crippen LogP contribution in [0.1, 0.15) is 0 Å². The zero-order valence-corrected chi connectivity index (χ0v) is 7.54. The SMILES string of the molecule is COc1ccc([N+](=O)[O-])c2no[n+]([O-])c12. The van der Waals surface area contributed by atoms with Gasteiger partial charge in [-0.2, -0.15) is 0 Å². The largest absolute Gasteiger partial charge is 0.492 e. The lowest BCUT2D eigenvalue weighted by Crippen LogP contribution is -2.23. The van der Waals surface area contributed by atoms with E-state index in [2.05, 4.69) is 9.79 Å². The number of aromatic nitrogens is 2. The zero-order chi connectivity index (χ0) is 11.0. The summed E-state index contributed by atoms with van der Waals surface area (Å²) < 4.78 is 9.13. The second-order valence-corrected chi connectivity index (χ2v) is 2.67. The molecule has 8 heteroatoms. The molecule has 0 bridgehead atoms. The van der Waals surface area contributed by atoms with Crippen LogP contribution in [0.2, 0.25) is 0 Å². The number of hydrogen-bond acceptors (Lipinski definition) is 6. The lowest BCUT2D eigenvalue weighted by Gasteiger charge is -1.97. The van der Waals surface area contributed by atoms with Crippen molar-refractivity contribution in [2.24, 2.45) is 0 Å². The average Bonchev–Trinajstić information content (AvgIpc) is 2.60. The minimum Gasteiger partial charge on any atom is -0.492 e. The van der Waals surface area contributed by atoms with E-state index in [-0.39, 0.29) is 27.4 Å². The van der Waals surface area contributed by atoms with Crippen molar-refractivity contribution < 1.29 is 19.2 Å². The number of methoxy groups -OCH3 is 1. The van der Waals surface area contributed by atoms with Gasteiger partial charge in [0.05, 0.1) is 17.2 Å². The molecule has 0 N–H and O–H groups in total. The number of nitro benzene ring substituents is 1. The minimum atomic E-state index is -0.649. The molecule has 8 nitrogen and oxygen atoms in total. The quantitative estimate of drug-likeness (QED) is 0.403. The Bertz CT molecular complexity index is 535. The van der Waals surface area contributed by atoms with Crippen molar-refractivity contribution in [2.75, 3.05) is 7.11 Å². The molecule has 78 valence electrons. The minimum absolute atomic E-state index is 0.0706. The maximum Gasteiger partial charge on any atom is 0.329 e. The van der Waals surface area contributed by atoms with Crippen molar-refractivity contribution in [1.82, 2.24) is 5.16 Å². The summed E-state index contributed by atoms with van der Waals surface area (Å²) in [5.41, 5.74) is -0.523. The molecule has 0 atom stereocenters. The Labute approximate surface area is 82.3 Å². The van der Waals surface area contributed by atoms with E-state index in [9.17, 15) is 15.3 Å². The molecular weight excluding hydrogens is 206 g/mol. The first-order valence-corrected chi connectivity index (χ1v) is 3.86. The van der Waals surface area contributed by atoms with Crippen molar-refractivity contribution in [2.45, 2.75) is 0 Å². The first-order chi connectivity index (χ1) is 7.15. The molecule has 0 radical (unpaired) electrons. The molecule has 0 amide bonds. The molecule has 2 aromatic rings. The lowest BCUT2D eigenvalue weighted by atomic mass is 10.2. The van der Waals surface area contributed by atoms with Gasteiger partial charge >= 0.3 is 11.2 Å². The van der Waals surface area contributed by atoms with Crippen molar-refractivity contribution in [3.8, 4) is 5.75 Å². The Kier molecular flexibility index (Phi) is 1.89. The van der Waals surface area contributed by atoms with Gasteiger partial charge in [-0.3, -0.25) is 14.7 Å². The number of nitro groups is 1. The van der Waals surface area contributed by atoms with E-state index in [0.717, 1.165) is 0 Å². The van der Waals surface area contributed by atoms with Crippen LogP contribution in [-0.4, -0.2) is 17.2 Å². The molecule has 1 aromatic heterocycles. The molecule has 0 aliphatic heterocycles. The molecule has 0 aliphatic carbocycles. The zero-order valence-electron chi connectivity index (χ0n) is 7.54. The van der Waals surface area contributed by atoms with Gasteiger partial charge in [-0.1, -0.05) is 0 Å². The fourth-order valence-electron chi connectivity index (χ4n) is 1.25. The highest BCUT2D eigenvalue weighted by atomic mass is 16.8. The summed E-state index contributed by atoms with van der Waals surface area (Å²) in [6.07, 6.45) is 0. The molecule has 15 heavy (non-hydrogen) atoms. The van der Waals surface area contributed by atoms with E-state index >= 15 is 0 Å². The summed E-state index contributed by atoms with van der Waals surface area (Å²) in [4.78, 5) is 10.0. The van der Waals surface area contributed by atoms with Gasteiger partial charge < -0.3 is 9.94 Å². The number of rotatable bonds is 2. The topological polar surface area (TPSA) is 105 Å². The van der Waals surface area contributed by atoms with E-state index in [1.54, 1.807) is 0 Å². The van der Waals surface area contributed by atoms with Crippen LogP contribution in [0.15, 0.2) is 16.8 Å². The van der Waals surface area contributed by atoms with Crippen LogP contribution < -0.4 is 9.64 Å². The van der Waals surface area contributed by atoms with Gasteiger partial charge in [-0.05, 0) is 11.0 Å². The van der Waals surface area contributed by atoms with Crippen LogP contribution in [0.3, 0.4) is 0 Å². The van der Waals surface area contributed by atoms with Gasteiger partial charge in [0.2, 0.25) is 0 Å². The Morgan fingerprint density at radius 2 is 2.33 bits per heavy atom. The smallest absolute Gasteiger partial charge is 0.329 e. The predicted molar refractivity (Wildman–Crippen MR) is 46.2 cm³/mol. The van der Waals surface area contributed by atoms with Crippen LogP contribution in [0.4, 0.5) is 5.69 Å². The van der Waals surface area contributed by atoms with Crippen LogP contribution in [0, 0.1) is 15.3 Å². The fraction of sp³-hybridized carbons (Fsp3) is 0.143. The highest BCUT2D eigenvalue weighted by Crippen LogP contribution is 2.28. The molecule has 0 saturated heterocycles. The van der Waals surface area contributed by atoms with E-state index < -0.39 is 4.92 Å². The molecule has 0 spiro atoms. The number of nitrogens with zero attached hydrogens (tertiary/aromatic N) is 3. The second kappa shape index (κ2) is 3.08. The molecule has 0 aliphatic rings. The number of non-ortho nitro benzene ring substituents is 1. The van der Waals surface area contributed by atoms with Crippen molar-refractivity contribution in [1.29, 1.82) is 0 Å². The molecule has 1 heterocycles. The van der Waals surface area contributed by atoms with E-state index in [0.29, 0.717) is 0 Å². The predicted octanol–water partition coefficient (Wildman–Crippen LogP) is 0.378.